The predicted molar refractivity (Wildman–Crippen MR) is 131 cm³/mol. The summed E-state index contributed by atoms with van der Waals surface area (Å²) < 4.78 is 0.899. The molecular formula is C27H25BrN2O. The number of nitrogens with zero attached hydrogens (tertiary/aromatic N) is 1. The van der Waals surface area contributed by atoms with E-state index < -0.39 is 5.91 Å². The Kier molecular flexibility index (Phi) is 7.44. The average molecular weight is 473 g/mol. The van der Waals surface area contributed by atoms with Crippen LogP contribution in [0.25, 0.3) is 6.08 Å². The summed E-state index contributed by atoms with van der Waals surface area (Å²) in [6.45, 7) is 6.26. The van der Waals surface area contributed by atoms with Crippen LogP contribution in [-0.4, -0.2) is 5.91 Å². The number of carbonyl (C=O) groups excluding carboxylic acids is 1. The highest BCUT2D eigenvalue weighted by atomic mass is 79.9. The van der Waals surface area contributed by atoms with Crippen LogP contribution in [0.3, 0.4) is 0 Å². The van der Waals surface area contributed by atoms with Crippen molar-refractivity contribution in [3.63, 3.8) is 0 Å². The first-order valence-corrected chi connectivity index (χ1v) is 11.0. The number of nitrogens with one attached hydrogen (secondary N) is 1. The van der Waals surface area contributed by atoms with Gasteiger partial charge in [0.25, 0.3) is 5.91 Å². The van der Waals surface area contributed by atoms with E-state index in [1.54, 1.807) is 6.08 Å². The number of anilines is 1. The lowest BCUT2D eigenvalue weighted by atomic mass is 9.96. The van der Waals surface area contributed by atoms with Gasteiger partial charge in [0.2, 0.25) is 0 Å². The summed E-state index contributed by atoms with van der Waals surface area (Å²) in [5.41, 5.74) is 7.48. The van der Waals surface area contributed by atoms with Gasteiger partial charge in [-0.2, -0.15) is 5.26 Å². The lowest BCUT2D eigenvalue weighted by molar-refractivity contribution is -0.112. The maximum Gasteiger partial charge on any atom is 0.266 e. The standard InChI is InChI=1S/C27H25BrN2O/c1-4-20-5-9-26(10-6-20)30-27(31)24(17-29)15-23-16-25(28)8-7-22(23)14-21-12-18(2)11-19(3)13-21/h5-13,15-16H,4,14H2,1-3H3,(H,30,31)/b24-15+. The molecule has 3 aromatic rings. The van der Waals surface area contributed by atoms with E-state index in [1.807, 2.05) is 42.5 Å². The second-order valence-corrected chi connectivity index (χ2v) is 8.61. The number of nitriles is 1. The Morgan fingerprint density at radius 2 is 1.68 bits per heavy atom. The molecule has 0 heterocycles. The Hall–Kier alpha value is -3.16. The Labute approximate surface area is 192 Å². The van der Waals surface area contributed by atoms with E-state index in [0.29, 0.717) is 5.69 Å². The van der Waals surface area contributed by atoms with Crippen LogP contribution in [-0.2, 0) is 17.6 Å². The van der Waals surface area contributed by atoms with Gasteiger partial charge in [0, 0.05) is 10.2 Å². The van der Waals surface area contributed by atoms with Crippen molar-refractivity contribution in [2.45, 2.75) is 33.6 Å². The molecule has 0 aliphatic rings. The van der Waals surface area contributed by atoms with Crippen LogP contribution in [0.1, 0.15) is 40.3 Å². The fourth-order valence-corrected chi connectivity index (χ4v) is 3.96. The van der Waals surface area contributed by atoms with E-state index in [1.165, 1.54) is 22.3 Å². The zero-order valence-corrected chi connectivity index (χ0v) is 19.6. The molecule has 4 heteroatoms. The number of halogens is 1. The summed E-state index contributed by atoms with van der Waals surface area (Å²) in [5.74, 6) is -0.413. The molecule has 156 valence electrons. The molecule has 0 saturated carbocycles. The molecule has 3 aromatic carbocycles. The third kappa shape index (κ3) is 6.16. The number of hydrogen-bond donors (Lipinski definition) is 1. The van der Waals surface area contributed by atoms with Gasteiger partial charge in [-0.05, 0) is 79.3 Å². The van der Waals surface area contributed by atoms with E-state index in [9.17, 15) is 10.1 Å². The Morgan fingerprint density at radius 3 is 2.29 bits per heavy atom. The second-order valence-electron chi connectivity index (χ2n) is 7.69. The van der Waals surface area contributed by atoms with Crippen LogP contribution < -0.4 is 5.32 Å². The van der Waals surface area contributed by atoms with Crippen LogP contribution in [0.2, 0.25) is 0 Å². The van der Waals surface area contributed by atoms with Crippen LogP contribution >= 0.6 is 15.9 Å². The summed E-state index contributed by atoms with van der Waals surface area (Å²) in [6.07, 6.45) is 3.32. The third-order valence-electron chi connectivity index (χ3n) is 5.07. The quantitative estimate of drug-likeness (QED) is 0.318. The van der Waals surface area contributed by atoms with E-state index in [0.717, 1.165) is 28.4 Å². The van der Waals surface area contributed by atoms with Crippen molar-refractivity contribution in [1.29, 1.82) is 5.26 Å². The summed E-state index contributed by atoms with van der Waals surface area (Å²) in [4.78, 5) is 12.7. The monoisotopic (exact) mass is 472 g/mol. The lowest BCUT2D eigenvalue weighted by Gasteiger charge is -2.10. The number of rotatable bonds is 6. The molecule has 0 aliphatic carbocycles. The van der Waals surface area contributed by atoms with E-state index in [-0.39, 0.29) is 5.57 Å². The van der Waals surface area contributed by atoms with Crippen molar-refractivity contribution in [2.75, 3.05) is 5.32 Å². The maximum absolute atomic E-state index is 12.7. The molecular weight excluding hydrogens is 448 g/mol. The van der Waals surface area contributed by atoms with Crippen molar-refractivity contribution >= 4 is 33.6 Å². The smallest absolute Gasteiger partial charge is 0.266 e. The molecule has 0 aliphatic heterocycles. The Balaban J connectivity index is 1.89. The zero-order chi connectivity index (χ0) is 22.4. The maximum atomic E-state index is 12.7. The Morgan fingerprint density at radius 1 is 1.00 bits per heavy atom. The van der Waals surface area contributed by atoms with E-state index in [4.69, 9.17) is 0 Å². The molecule has 1 N–H and O–H groups in total. The van der Waals surface area contributed by atoms with Gasteiger partial charge >= 0.3 is 0 Å². The minimum atomic E-state index is -0.413. The first kappa shape index (κ1) is 22.5. The largest absolute Gasteiger partial charge is 0.321 e. The van der Waals surface area contributed by atoms with Gasteiger partial charge in [-0.25, -0.2) is 0 Å². The predicted octanol–water partition coefficient (Wildman–Crippen LogP) is 6.76. The lowest BCUT2D eigenvalue weighted by Crippen LogP contribution is -2.13. The van der Waals surface area contributed by atoms with Gasteiger partial charge in [-0.15, -0.1) is 0 Å². The summed E-state index contributed by atoms with van der Waals surface area (Å²) >= 11 is 3.51. The van der Waals surface area contributed by atoms with E-state index in [2.05, 4.69) is 66.3 Å². The highest BCUT2D eigenvalue weighted by molar-refractivity contribution is 9.10. The number of benzene rings is 3. The van der Waals surface area contributed by atoms with Gasteiger partial charge in [0.05, 0.1) is 0 Å². The van der Waals surface area contributed by atoms with Crippen molar-refractivity contribution in [2.24, 2.45) is 0 Å². The molecule has 0 bridgehead atoms. The van der Waals surface area contributed by atoms with Gasteiger partial charge in [-0.3, -0.25) is 4.79 Å². The summed E-state index contributed by atoms with van der Waals surface area (Å²) in [7, 11) is 0. The molecule has 0 radical (unpaired) electrons. The fraction of sp³-hybridized carbons (Fsp3) is 0.185. The normalized spacial score (nSPS) is 11.1. The van der Waals surface area contributed by atoms with Gasteiger partial charge in [0.15, 0.2) is 0 Å². The molecule has 0 spiro atoms. The number of amides is 1. The first-order valence-electron chi connectivity index (χ1n) is 10.3. The van der Waals surface area contributed by atoms with Gasteiger partial charge in [-0.1, -0.05) is 70.4 Å². The molecule has 3 nitrogen and oxygen atoms in total. The SMILES string of the molecule is CCc1ccc(NC(=O)/C(C#N)=C/c2cc(Br)ccc2Cc2cc(C)cc(C)c2)cc1. The first-order chi connectivity index (χ1) is 14.9. The molecule has 0 atom stereocenters. The van der Waals surface area contributed by atoms with Crippen LogP contribution in [0.4, 0.5) is 5.69 Å². The number of hydrogen-bond acceptors (Lipinski definition) is 2. The highest BCUT2D eigenvalue weighted by Crippen LogP contribution is 2.23. The molecule has 0 fully saturated rings. The Bertz CT molecular complexity index is 1150. The second kappa shape index (κ2) is 10.2. The van der Waals surface area contributed by atoms with Crippen molar-refractivity contribution in [3.8, 4) is 6.07 Å². The van der Waals surface area contributed by atoms with Crippen LogP contribution in [0.5, 0.6) is 0 Å². The van der Waals surface area contributed by atoms with Crippen molar-refractivity contribution < 1.29 is 4.79 Å². The summed E-state index contributed by atoms with van der Waals surface area (Å²) in [5, 5.41) is 12.5. The fourth-order valence-electron chi connectivity index (χ4n) is 3.58. The van der Waals surface area contributed by atoms with Crippen LogP contribution in [0, 0.1) is 25.2 Å². The number of aryl methyl sites for hydroxylation is 3. The molecule has 0 unspecified atom stereocenters. The summed E-state index contributed by atoms with van der Waals surface area (Å²) in [6, 6.07) is 22.2. The molecule has 0 aromatic heterocycles. The van der Waals surface area contributed by atoms with Gasteiger partial charge < -0.3 is 5.32 Å². The van der Waals surface area contributed by atoms with Crippen LogP contribution in [0.15, 0.2) is 70.7 Å². The van der Waals surface area contributed by atoms with E-state index >= 15 is 0 Å². The zero-order valence-electron chi connectivity index (χ0n) is 18.0. The minimum absolute atomic E-state index is 0.0688. The average Bonchev–Trinajstić information content (AvgIpc) is 2.73. The minimum Gasteiger partial charge on any atom is -0.321 e. The van der Waals surface area contributed by atoms with Crippen molar-refractivity contribution in [1.82, 2.24) is 0 Å². The molecule has 3 rings (SSSR count). The highest BCUT2D eigenvalue weighted by Gasteiger charge is 2.12. The third-order valence-corrected chi connectivity index (χ3v) is 5.56. The van der Waals surface area contributed by atoms with Gasteiger partial charge in [0.1, 0.15) is 11.6 Å². The number of carbonyl (C=O) groups is 1. The molecule has 0 saturated heterocycles. The molecule has 1 amide bonds. The topological polar surface area (TPSA) is 52.9 Å². The van der Waals surface area contributed by atoms with Crippen molar-refractivity contribution in [3.05, 3.63) is 104 Å². The molecule has 31 heavy (non-hydrogen) atoms.